The molecule has 0 atom stereocenters. The van der Waals surface area contributed by atoms with Crippen LogP contribution in [0.2, 0.25) is 0 Å². The minimum Gasteiger partial charge on any atom is -0.485 e. The first-order valence-corrected chi connectivity index (χ1v) is 17.9. The van der Waals surface area contributed by atoms with E-state index in [1.165, 1.54) is 28.6 Å². The Morgan fingerprint density at radius 1 is 1.12 bits per heavy atom. The summed E-state index contributed by atoms with van der Waals surface area (Å²) >= 11 is 1.20. The number of carbonyl (C=O) groups is 3. The molecule has 4 aromatic rings. The zero-order chi connectivity index (χ0) is 36.8. The number of H-pyrrole nitrogens is 1. The average Bonchev–Trinajstić information content (AvgIpc) is 3.80. The number of ether oxygens (including phenoxy) is 2. The zero-order valence-electron chi connectivity index (χ0n) is 29.7. The van der Waals surface area contributed by atoms with Crippen LogP contribution in [-0.4, -0.2) is 86.6 Å². The Hall–Kier alpha value is -4.90. The number of piperidine rings is 1. The first kappa shape index (κ1) is 37.4. The zero-order valence-corrected chi connectivity index (χ0v) is 30.5. The second-order valence-corrected chi connectivity index (χ2v) is 14.5. The Labute approximate surface area is 301 Å². The lowest BCUT2D eigenvalue weighted by atomic mass is 9.93. The predicted octanol–water partition coefficient (Wildman–Crippen LogP) is 5.94. The number of nitrogens with one attached hydrogen (secondary N) is 2. The summed E-state index contributed by atoms with van der Waals surface area (Å²) in [7, 11) is 0. The molecule has 0 radical (unpaired) electrons. The molecule has 268 valence electrons. The number of amides is 2. The summed E-state index contributed by atoms with van der Waals surface area (Å²) in [6.07, 6.45) is 5.37. The SMILES string of the molecule is CCC(C)(C)OCCC(C)(C)Oc1cnc(-c2nc(C(=O)NCCO)cs2)c2[nH]cc(C(=O)C(=O)N3CCC(=C(C#N)c4ccccc4)CC3)c12. The van der Waals surface area contributed by atoms with Crippen LogP contribution in [0.4, 0.5) is 0 Å². The maximum atomic E-state index is 14.0. The minimum absolute atomic E-state index is 0.0915. The van der Waals surface area contributed by atoms with Crippen molar-refractivity contribution in [3.63, 3.8) is 0 Å². The number of ketones is 1. The third-order valence-electron chi connectivity index (χ3n) is 9.07. The molecule has 0 unspecified atom stereocenters. The van der Waals surface area contributed by atoms with Gasteiger partial charge in [0.15, 0.2) is 0 Å². The Bertz CT molecular complexity index is 1960. The third-order valence-corrected chi connectivity index (χ3v) is 9.92. The molecule has 12 nitrogen and oxygen atoms in total. The van der Waals surface area contributed by atoms with Gasteiger partial charge in [-0.3, -0.25) is 14.4 Å². The first-order valence-electron chi connectivity index (χ1n) is 17.1. The summed E-state index contributed by atoms with van der Waals surface area (Å²) in [5, 5.41) is 24.0. The first-order chi connectivity index (χ1) is 24.4. The second-order valence-electron chi connectivity index (χ2n) is 13.6. The number of aliphatic hydroxyl groups is 1. The molecule has 3 aromatic heterocycles. The molecule has 0 spiro atoms. The number of aromatic amines is 1. The molecule has 1 fully saturated rings. The average molecular weight is 713 g/mol. The Morgan fingerprint density at radius 2 is 1.84 bits per heavy atom. The number of allylic oxidation sites excluding steroid dienone is 1. The number of aromatic nitrogens is 3. The number of thiazole rings is 1. The van der Waals surface area contributed by atoms with Crippen molar-refractivity contribution in [2.24, 2.45) is 0 Å². The van der Waals surface area contributed by atoms with Crippen molar-refractivity contribution in [2.45, 2.75) is 71.5 Å². The lowest BCUT2D eigenvalue weighted by molar-refractivity contribution is -0.126. The minimum atomic E-state index is -0.729. The monoisotopic (exact) mass is 712 g/mol. The van der Waals surface area contributed by atoms with Crippen LogP contribution in [0.5, 0.6) is 5.75 Å². The van der Waals surface area contributed by atoms with E-state index in [2.05, 4.69) is 33.3 Å². The van der Waals surface area contributed by atoms with E-state index in [0.717, 1.165) is 17.6 Å². The van der Waals surface area contributed by atoms with Crippen molar-refractivity contribution in [1.82, 2.24) is 25.2 Å². The van der Waals surface area contributed by atoms with Crippen molar-refractivity contribution in [1.29, 1.82) is 5.26 Å². The Morgan fingerprint density at radius 3 is 2.51 bits per heavy atom. The maximum absolute atomic E-state index is 14.0. The van der Waals surface area contributed by atoms with Crippen LogP contribution in [0, 0.1) is 11.3 Å². The van der Waals surface area contributed by atoms with Gasteiger partial charge in [0.1, 0.15) is 27.7 Å². The third kappa shape index (κ3) is 8.71. The van der Waals surface area contributed by atoms with E-state index < -0.39 is 23.2 Å². The van der Waals surface area contributed by atoms with Crippen LogP contribution in [0.3, 0.4) is 0 Å². The summed E-state index contributed by atoms with van der Waals surface area (Å²) in [4.78, 5) is 54.1. The van der Waals surface area contributed by atoms with Gasteiger partial charge in [-0.25, -0.2) is 9.97 Å². The quantitative estimate of drug-likeness (QED) is 0.0813. The van der Waals surface area contributed by atoms with Gasteiger partial charge in [0, 0.05) is 37.6 Å². The number of aliphatic hydroxyl groups excluding tert-OH is 1. The lowest BCUT2D eigenvalue weighted by Crippen LogP contribution is -2.40. The molecule has 51 heavy (non-hydrogen) atoms. The predicted molar refractivity (Wildman–Crippen MR) is 195 cm³/mol. The second kappa shape index (κ2) is 16.0. The van der Waals surface area contributed by atoms with Crippen molar-refractivity contribution < 1.29 is 29.0 Å². The standard InChI is InChI=1S/C38H44N6O6S/c1-6-37(2,3)49-19-14-38(4,5)50-29-22-42-32(35-43-28(23-51-35)34(47)40-15-18-45)31-30(29)27(21-41-31)33(46)36(48)44-16-12-25(13-17-44)26(20-39)24-10-8-7-9-11-24/h7-11,21-23,41,45H,6,12-19H2,1-5H3,(H,40,47). The van der Waals surface area contributed by atoms with Gasteiger partial charge < -0.3 is 29.8 Å². The van der Waals surface area contributed by atoms with Crippen molar-refractivity contribution >= 4 is 45.4 Å². The number of fused-ring (bicyclic) bond motifs is 1. The highest BCUT2D eigenvalue weighted by Crippen LogP contribution is 2.38. The molecule has 1 aliphatic heterocycles. The molecule has 1 aromatic carbocycles. The van der Waals surface area contributed by atoms with Crippen LogP contribution < -0.4 is 10.1 Å². The number of carbonyl (C=O) groups excluding carboxylic acids is 3. The van der Waals surface area contributed by atoms with Gasteiger partial charge in [-0.05, 0) is 58.1 Å². The number of nitrogens with zero attached hydrogens (tertiary/aromatic N) is 4. The summed E-state index contributed by atoms with van der Waals surface area (Å²) in [6.45, 7) is 10.9. The number of rotatable bonds is 14. The number of nitriles is 1. The summed E-state index contributed by atoms with van der Waals surface area (Å²) in [5.74, 6) is -1.47. The van der Waals surface area contributed by atoms with Crippen LogP contribution in [0.1, 0.15) is 86.7 Å². The Kier molecular flexibility index (Phi) is 11.7. The fourth-order valence-corrected chi connectivity index (χ4v) is 6.55. The number of pyridine rings is 1. The Balaban J connectivity index is 1.45. The molecule has 2 amide bonds. The van der Waals surface area contributed by atoms with E-state index in [9.17, 15) is 19.6 Å². The molecule has 3 N–H and O–H groups in total. The van der Waals surface area contributed by atoms with Gasteiger partial charge >= 0.3 is 0 Å². The topological polar surface area (TPSA) is 171 Å². The lowest BCUT2D eigenvalue weighted by Gasteiger charge is -2.30. The van der Waals surface area contributed by atoms with Crippen LogP contribution in [0.25, 0.3) is 27.2 Å². The van der Waals surface area contributed by atoms with Gasteiger partial charge in [0.2, 0.25) is 0 Å². The van der Waals surface area contributed by atoms with E-state index in [1.807, 2.05) is 58.0 Å². The number of hydrogen-bond donors (Lipinski definition) is 3. The van der Waals surface area contributed by atoms with Crippen LogP contribution in [-0.2, 0) is 9.53 Å². The number of benzene rings is 1. The highest BCUT2D eigenvalue weighted by Gasteiger charge is 2.32. The van der Waals surface area contributed by atoms with E-state index in [0.29, 0.717) is 71.9 Å². The largest absolute Gasteiger partial charge is 0.485 e. The van der Waals surface area contributed by atoms with Crippen molar-refractivity contribution in [2.75, 3.05) is 32.8 Å². The van der Waals surface area contributed by atoms with Crippen molar-refractivity contribution in [3.05, 3.63) is 70.5 Å². The fourth-order valence-electron chi connectivity index (χ4n) is 5.75. The van der Waals surface area contributed by atoms with Gasteiger partial charge in [-0.2, -0.15) is 5.26 Å². The smallest absolute Gasteiger partial charge is 0.295 e. The summed E-state index contributed by atoms with van der Waals surface area (Å²) in [5.41, 5.74) is 2.51. The van der Waals surface area contributed by atoms with Gasteiger partial charge in [0.05, 0.1) is 53.1 Å². The molecular formula is C38H44N6O6S. The molecule has 0 aliphatic carbocycles. The molecule has 5 rings (SSSR count). The molecule has 13 heteroatoms. The number of Topliss-reactive ketones (excluding diaryl/α,β-unsaturated/α-hetero) is 1. The van der Waals surface area contributed by atoms with Gasteiger partial charge in [-0.15, -0.1) is 11.3 Å². The molecule has 0 bridgehead atoms. The van der Waals surface area contributed by atoms with E-state index in [-0.39, 0.29) is 30.0 Å². The highest BCUT2D eigenvalue weighted by atomic mass is 32.1. The molecule has 1 aliphatic rings. The van der Waals surface area contributed by atoms with Crippen LogP contribution in [0.15, 0.2) is 53.7 Å². The van der Waals surface area contributed by atoms with E-state index in [4.69, 9.17) is 14.6 Å². The maximum Gasteiger partial charge on any atom is 0.295 e. The summed E-state index contributed by atoms with van der Waals surface area (Å²) < 4.78 is 12.6. The van der Waals surface area contributed by atoms with Gasteiger partial charge in [-0.1, -0.05) is 37.3 Å². The highest BCUT2D eigenvalue weighted by molar-refractivity contribution is 7.13. The van der Waals surface area contributed by atoms with Crippen LogP contribution >= 0.6 is 11.3 Å². The molecular weight excluding hydrogens is 669 g/mol. The van der Waals surface area contributed by atoms with E-state index >= 15 is 0 Å². The summed E-state index contributed by atoms with van der Waals surface area (Å²) in [6, 6.07) is 11.8. The van der Waals surface area contributed by atoms with E-state index in [1.54, 1.807) is 5.38 Å². The normalized spacial score (nSPS) is 13.6. The molecule has 0 saturated carbocycles. The number of hydrogen-bond acceptors (Lipinski definition) is 10. The molecule has 4 heterocycles. The number of likely N-dealkylation sites (tertiary alicyclic amines) is 1. The fraction of sp³-hybridized carbons (Fsp3) is 0.421. The van der Waals surface area contributed by atoms with Gasteiger partial charge in [0.25, 0.3) is 17.6 Å². The molecule has 1 saturated heterocycles. The van der Waals surface area contributed by atoms with Crippen molar-refractivity contribution in [3.8, 4) is 22.5 Å².